The van der Waals surface area contributed by atoms with Gasteiger partial charge in [0.15, 0.2) is 0 Å². The van der Waals surface area contributed by atoms with Crippen molar-refractivity contribution in [1.82, 2.24) is 9.97 Å². The fourth-order valence-corrected chi connectivity index (χ4v) is 4.83. The third-order valence-electron chi connectivity index (χ3n) is 4.61. The number of nitrogen functional groups attached to an aromatic ring is 1. The van der Waals surface area contributed by atoms with Crippen LogP contribution in [0.2, 0.25) is 0 Å². The highest BCUT2D eigenvalue weighted by atomic mass is 32.1. The molecule has 2 aromatic heterocycles. The second-order valence-electron chi connectivity index (χ2n) is 6.19. The van der Waals surface area contributed by atoms with E-state index in [4.69, 9.17) is 5.84 Å². The number of benzene rings is 1. The Kier molecular flexibility index (Phi) is 4.43. The normalized spacial score (nSPS) is 16.3. The van der Waals surface area contributed by atoms with Crippen molar-refractivity contribution in [3.63, 3.8) is 0 Å². The number of anilines is 3. The largest absolute Gasteiger partial charge is 0.481 e. The zero-order valence-electron chi connectivity index (χ0n) is 13.7. The number of carboxylic acids is 1. The van der Waals surface area contributed by atoms with Crippen molar-refractivity contribution in [3.8, 4) is 0 Å². The van der Waals surface area contributed by atoms with Crippen LogP contribution in [0.4, 0.5) is 17.2 Å². The molecule has 1 aliphatic rings. The number of fused-ring (bicyclic) bond motifs is 3. The Bertz CT molecular complexity index is 1000. The molecule has 0 bridgehead atoms. The SMILES string of the molecule is NNc1ccc(Nc2ncnc3sc4c(c23)CC[C@H](C(=O)O)C4)cc1S. The molecule has 0 aliphatic heterocycles. The van der Waals surface area contributed by atoms with E-state index in [0.717, 1.165) is 49.2 Å². The number of nitrogens with two attached hydrogens (primary N) is 1. The number of hydrogen-bond acceptors (Lipinski definition) is 8. The number of thiophene rings is 1. The molecule has 0 unspecified atom stereocenters. The van der Waals surface area contributed by atoms with Gasteiger partial charge in [0.25, 0.3) is 0 Å². The summed E-state index contributed by atoms with van der Waals surface area (Å²) in [7, 11) is 0. The van der Waals surface area contributed by atoms with E-state index in [1.807, 2.05) is 18.2 Å². The molecule has 26 heavy (non-hydrogen) atoms. The fraction of sp³-hybridized carbons (Fsp3) is 0.235. The molecule has 0 amide bonds. The highest BCUT2D eigenvalue weighted by molar-refractivity contribution is 7.80. The first-order valence-corrected chi connectivity index (χ1v) is 9.38. The van der Waals surface area contributed by atoms with E-state index in [1.165, 1.54) is 6.33 Å². The minimum absolute atomic E-state index is 0.317. The number of carbonyl (C=O) groups is 1. The molecule has 9 heteroatoms. The lowest BCUT2D eigenvalue weighted by Crippen LogP contribution is -2.21. The summed E-state index contributed by atoms with van der Waals surface area (Å²) in [5.41, 5.74) is 5.33. The molecule has 0 radical (unpaired) electrons. The summed E-state index contributed by atoms with van der Waals surface area (Å²) in [5.74, 6) is 5.12. The van der Waals surface area contributed by atoms with Crippen LogP contribution in [0.1, 0.15) is 16.9 Å². The number of rotatable bonds is 4. The predicted molar refractivity (Wildman–Crippen MR) is 105 cm³/mol. The van der Waals surface area contributed by atoms with Crippen LogP contribution in [0.25, 0.3) is 10.2 Å². The minimum atomic E-state index is -0.729. The molecule has 1 aromatic carbocycles. The van der Waals surface area contributed by atoms with E-state index in [2.05, 4.69) is 33.3 Å². The molecule has 4 rings (SSSR count). The fourth-order valence-electron chi connectivity index (χ4n) is 3.28. The van der Waals surface area contributed by atoms with Crippen molar-refractivity contribution in [3.05, 3.63) is 35.0 Å². The van der Waals surface area contributed by atoms with Crippen LogP contribution < -0.4 is 16.6 Å². The zero-order valence-corrected chi connectivity index (χ0v) is 15.4. The first-order valence-electron chi connectivity index (χ1n) is 8.11. The van der Waals surface area contributed by atoms with Gasteiger partial charge in [0, 0.05) is 15.5 Å². The molecule has 3 aromatic rings. The molecule has 134 valence electrons. The third-order valence-corrected chi connectivity index (χ3v) is 6.14. The maximum Gasteiger partial charge on any atom is 0.306 e. The summed E-state index contributed by atoms with van der Waals surface area (Å²) < 4.78 is 0. The number of hydrogen-bond donors (Lipinski definition) is 5. The number of aliphatic carboxylic acids is 1. The van der Waals surface area contributed by atoms with Gasteiger partial charge in [-0.05, 0) is 43.0 Å². The maximum absolute atomic E-state index is 11.3. The van der Waals surface area contributed by atoms with E-state index in [1.54, 1.807) is 11.3 Å². The molecule has 2 heterocycles. The standard InChI is InChI=1S/C17H17N5O2S2/c18-22-11-4-2-9(6-12(11)25)21-15-14-10-3-1-8(17(23)24)5-13(10)26-16(14)20-7-19-15/h2,4,6-8,22,25H,1,3,5,18H2,(H,23,24)(H,19,20,21)/t8-/m0/s1. The van der Waals surface area contributed by atoms with Crippen LogP contribution in [0.15, 0.2) is 29.4 Å². The van der Waals surface area contributed by atoms with Crippen LogP contribution >= 0.6 is 24.0 Å². The first-order chi connectivity index (χ1) is 12.6. The molecule has 5 N–H and O–H groups in total. The van der Waals surface area contributed by atoms with Crippen molar-refractivity contribution < 1.29 is 9.90 Å². The van der Waals surface area contributed by atoms with Crippen molar-refractivity contribution in [2.24, 2.45) is 11.8 Å². The number of carboxylic acid groups (broad SMARTS) is 1. The maximum atomic E-state index is 11.3. The van der Waals surface area contributed by atoms with E-state index >= 15 is 0 Å². The lowest BCUT2D eigenvalue weighted by atomic mass is 9.88. The molecule has 0 saturated heterocycles. The van der Waals surface area contributed by atoms with Gasteiger partial charge in [-0.25, -0.2) is 9.97 Å². The monoisotopic (exact) mass is 387 g/mol. The molecular formula is C17H17N5O2S2. The van der Waals surface area contributed by atoms with Gasteiger partial charge in [-0.15, -0.1) is 24.0 Å². The summed E-state index contributed by atoms with van der Waals surface area (Å²) in [6.07, 6.45) is 3.45. The van der Waals surface area contributed by atoms with Gasteiger partial charge in [0.2, 0.25) is 0 Å². The molecule has 0 saturated carbocycles. The Hall–Kier alpha value is -2.36. The Balaban J connectivity index is 1.73. The van der Waals surface area contributed by atoms with Crippen molar-refractivity contribution in [2.75, 3.05) is 10.7 Å². The van der Waals surface area contributed by atoms with E-state index in [0.29, 0.717) is 12.8 Å². The van der Waals surface area contributed by atoms with Crippen molar-refractivity contribution in [1.29, 1.82) is 0 Å². The molecule has 1 aliphatic carbocycles. The number of thiol groups is 1. The van der Waals surface area contributed by atoms with Crippen LogP contribution in [0.3, 0.4) is 0 Å². The minimum Gasteiger partial charge on any atom is -0.481 e. The van der Waals surface area contributed by atoms with Crippen LogP contribution in [0.5, 0.6) is 0 Å². The number of hydrazine groups is 1. The smallest absolute Gasteiger partial charge is 0.306 e. The Morgan fingerprint density at radius 2 is 2.23 bits per heavy atom. The molecule has 0 fully saturated rings. The van der Waals surface area contributed by atoms with Crippen molar-refractivity contribution in [2.45, 2.75) is 24.2 Å². The Morgan fingerprint density at radius 3 is 2.96 bits per heavy atom. The molecule has 1 atom stereocenters. The van der Waals surface area contributed by atoms with Gasteiger partial charge in [-0.1, -0.05) is 0 Å². The summed E-state index contributed by atoms with van der Waals surface area (Å²) >= 11 is 5.97. The van der Waals surface area contributed by atoms with Gasteiger partial charge in [-0.2, -0.15) is 0 Å². The van der Waals surface area contributed by atoms with E-state index in [9.17, 15) is 9.90 Å². The van der Waals surface area contributed by atoms with E-state index in [-0.39, 0.29) is 5.92 Å². The van der Waals surface area contributed by atoms with Gasteiger partial charge < -0.3 is 15.8 Å². The second kappa shape index (κ2) is 6.75. The van der Waals surface area contributed by atoms with Crippen LogP contribution in [-0.4, -0.2) is 21.0 Å². The summed E-state index contributed by atoms with van der Waals surface area (Å²) in [6.45, 7) is 0. The number of nitrogens with zero attached hydrogens (tertiary/aromatic N) is 2. The van der Waals surface area contributed by atoms with Gasteiger partial charge in [0.1, 0.15) is 17.0 Å². The number of nitrogens with one attached hydrogen (secondary N) is 2. The van der Waals surface area contributed by atoms with Gasteiger partial charge >= 0.3 is 5.97 Å². The number of aryl methyl sites for hydroxylation is 1. The third kappa shape index (κ3) is 2.98. The van der Waals surface area contributed by atoms with E-state index < -0.39 is 5.97 Å². The Morgan fingerprint density at radius 1 is 1.38 bits per heavy atom. The van der Waals surface area contributed by atoms with Crippen LogP contribution in [-0.2, 0) is 17.6 Å². The molecule has 0 spiro atoms. The van der Waals surface area contributed by atoms with Crippen LogP contribution in [0, 0.1) is 5.92 Å². The molecule has 7 nitrogen and oxygen atoms in total. The van der Waals surface area contributed by atoms with Gasteiger partial charge in [-0.3, -0.25) is 10.6 Å². The molecular weight excluding hydrogens is 370 g/mol. The van der Waals surface area contributed by atoms with Gasteiger partial charge in [0.05, 0.1) is 17.0 Å². The summed E-state index contributed by atoms with van der Waals surface area (Å²) in [6, 6.07) is 5.59. The Labute approximate surface area is 159 Å². The predicted octanol–water partition coefficient (Wildman–Crippen LogP) is 3.20. The lowest BCUT2D eigenvalue weighted by molar-refractivity contribution is -0.142. The zero-order chi connectivity index (χ0) is 18.3. The summed E-state index contributed by atoms with van der Waals surface area (Å²) in [5, 5.41) is 13.6. The van der Waals surface area contributed by atoms with Crippen molar-refractivity contribution >= 4 is 57.3 Å². The topological polar surface area (TPSA) is 113 Å². The highest BCUT2D eigenvalue weighted by Crippen LogP contribution is 2.40. The number of aromatic nitrogens is 2. The quantitative estimate of drug-likeness (QED) is 0.265. The average molecular weight is 387 g/mol. The highest BCUT2D eigenvalue weighted by Gasteiger charge is 2.28. The summed E-state index contributed by atoms with van der Waals surface area (Å²) in [4.78, 5) is 22.8. The first kappa shape index (κ1) is 17.1. The lowest BCUT2D eigenvalue weighted by Gasteiger charge is -2.18. The average Bonchev–Trinajstić information content (AvgIpc) is 3.00. The second-order valence-corrected chi connectivity index (χ2v) is 7.75.